The minimum Gasteiger partial charge on any atom is -0.462 e. The van der Waals surface area contributed by atoms with Gasteiger partial charge in [0.15, 0.2) is 0 Å². The Hall–Kier alpha value is -2.14. The first-order valence-electron chi connectivity index (χ1n) is 7.78. The highest BCUT2D eigenvalue weighted by molar-refractivity contribution is 7.17. The van der Waals surface area contributed by atoms with Crippen LogP contribution in [0.25, 0.3) is 11.1 Å². The van der Waals surface area contributed by atoms with Crippen molar-refractivity contribution in [2.24, 2.45) is 5.92 Å². The Morgan fingerprint density at radius 3 is 2.57 bits per heavy atom. The van der Waals surface area contributed by atoms with E-state index in [0.29, 0.717) is 17.2 Å². The van der Waals surface area contributed by atoms with Crippen molar-refractivity contribution in [1.82, 2.24) is 0 Å². The van der Waals surface area contributed by atoms with Gasteiger partial charge in [0.05, 0.1) is 6.61 Å². The molecule has 0 aliphatic heterocycles. The van der Waals surface area contributed by atoms with Crippen molar-refractivity contribution in [3.05, 3.63) is 40.8 Å². The molecule has 1 aromatic carbocycles. The molecule has 0 spiro atoms. The molecule has 1 aliphatic rings. The van der Waals surface area contributed by atoms with E-state index in [9.17, 15) is 9.59 Å². The highest BCUT2D eigenvalue weighted by Gasteiger charge is 2.32. The van der Waals surface area contributed by atoms with Gasteiger partial charge in [0.1, 0.15) is 10.6 Å². The van der Waals surface area contributed by atoms with Gasteiger partial charge in [-0.2, -0.15) is 0 Å². The van der Waals surface area contributed by atoms with Gasteiger partial charge in [0.2, 0.25) is 5.91 Å². The zero-order valence-electron chi connectivity index (χ0n) is 13.2. The number of nitrogens with one attached hydrogen (secondary N) is 1. The maximum atomic E-state index is 12.5. The number of aryl methyl sites for hydroxylation is 1. The molecular formula is C18H19NO3S. The predicted molar refractivity (Wildman–Crippen MR) is 91.8 cm³/mol. The van der Waals surface area contributed by atoms with Crippen molar-refractivity contribution in [3.8, 4) is 11.1 Å². The third-order valence-electron chi connectivity index (χ3n) is 3.81. The number of thiophene rings is 1. The third-order valence-corrected chi connectivity index (χ3v) is 4.83. The first-order valence-corrected chi connectivity index (χ1v) is 8.60. The average molecular weight is 329 g/mol. The van der Waals surface area contributed by atoms with Crippen molar-refractivity contribution in [3.63, 3.8) is 0 Å². The summed E-state index contributed by atoms with van der Waals surface area (Å²) >= 11 is 1.43. The number of rotatable bonds is 5. The van der Waals surface area contributed by atoms with E-state index in [-0.39, 0.29) is 17.8 Å². The van der Waals surface area contributed by atoms with Gasteiger partial charge in [-0.05, 0) is 32.3 Å². The Morgan fingerprint density at radius 1 is 1.26 bits per heavy atom. The normalized spacial score (nSPS) is 13.7. The molecule has 23 heavy (non-hydrogen) atoms. The summed E-state index contributed by atoms with van der Waals surface area (Å²) in [4.78, 5) is 25.6. The number of anilines is 1. The zero-order chi connectivity index (χ0) is 16.4. The molecule has 1 aromatic heterocycles. The summed E-state index contributed by atoms with van der Waals surface area (Å²) in [6.07, 6.45) is 1.85. The van der Waals surface area contributed by atoms with Crippen LogP contribution in [0.15, 0.2) is 30.3 Å². The summed E-state index contributed by atoms with van der Waals surface area (Å²) < 4.78 is 5.22. The SMILES string of the molecule is CCOC(=O)c1c(NC(=O)C2CC2)sc(C)c1-c1ccccc1. The fourth-order valence-corrected chi connectivity index (χ4v) is 3.61. The van der Waals surface area contributed by atoms with E-state index in [1.165, 1.54) is 11.3 Å². The van der Waals surface area contributed by atoms with Crippen molar-refractivity contribution in [2.75, 3.05) is 11.9 Å². The van der Waals surface area contributed by atoms with E-state index < -0.39 is 0 Å². The van der Waals surface area contributed by atoms with E-state index in [1.54, 1.807) is 6.92 Å². The largest absolute Gasteiger partial charge is 0.462 e. The number of esters is 1. The first-order chi connectivity index (χ1) is 11.1. The van der Waals surface area contributed by atoms with Gasteiger partial charge < -0.3 is 10.1 Å². The van der Waals surface area contributed by atoms with E-state index in [4.69, 9.17) is 4.74 Å². The second kappa shape index (κ2) is 6.54. The van der Waals surface area contributed by atoms with Crippen molar-refractivity contribution in [1.29, 1.82) is 0 Å². The maximum Gasteiger partial charge on any atom is 0.341 e. The molecule has 1 saturated carbocycles. The van der Waals surface area contributed by atoms with Crippen LogP contribution in [0.3, 0.4) is 0 Å². The van der Waals surface area contributed by atoms with Crippen LogP contribution in [0.4, 0.5) is 5.00 Å². The monoisotopic (exact) mass is 329 g/mol. The van der Waals surface area contributed by atoms with Gasteiger partial charge in [0.25, 0.3) is 0 Å². The predicted octanol–water partition coefficient (Wildman–Crippen LogP) is 4.25. The smallest absolute Gasteiger partial charge is 0.341 e. The Morgan fingerprint density at radius 2 is 1.96 bits per heavy atom. The number of hydrogen-bond donors (Lipinski definition) is 1. The summed E-state index contributed by atoms with van der Waals surface area (Å²) in [6, 6.07) is 9.73. The van der Waals surface area contributed by atoms with Crippen LogP contribution >= 0.6 is 11.3 Å². The van der Waals surface area contributed by atoms with Crippen LogP contribution in [-0.4, -0.2) is 18.5 Å². The van der Waals surface area contributed by atoms with Crippen molar-refractivity contribution < 1.29 is 14.3 Å². The molecule has 2 aromatic rings. The van der Waals surface area contributed by atoms with Crippen LogP contribution in [-0.2, 0) is 9.53 Å². The number of hydrogen-bond acceptors (Lipinski definition) is 4. The van der Waals surface area contributed by atoms with Gasteiger partial charge in [-0.1, -0.05) is 30.3 Å². The molecule has 1 amide bonds. The fourth-order valence-electron chi connectivity index (χ4n) is 2.54. The number of benzene rings is 1. The summed E-state index contributed by atoms with van der Waals surface area (Å²) in [5, 5.41) is 3.52. The Bertz CT molecular complexity index is 732. The molecule has 0 saturated heterocycles. The number of carbonyl (C=O) groups excluding carboxylic acids is 2. The van der Waals surface area contributed by atoms with Crippen LogP contribution in [0.5, 0.6) is 0 Å². The quantitative estimate of drug-likeness (QED) is 0.834. The molecule has 3 rings (SSSR count). The van der Waals surface area contributed by atoms with Crippen LogP contribution in [0.2, 0.25) is 0 Å². The van der Waals surface area contributed by atoms with Crippen LogP contribution in [0, 0.1) is 12.8 Å². The molecule has 4 nitrogen and oxygen atoms in total. The summed E-state index contributed by atoms with van der Waals surface area (Å²) in [5.41, 5.74) is 2.27. The lowest BCUT2D eigenvalue weighted by molar-refractivity contribution is -0.117. The zero-order valence-corrected chi connectivity index (χ0v) is 14.0. The van der Waals surface area contributed by atoms with Gasteiger partial charge in [-0.15, -0.1) is 11.3 Å². The first kappa shape index (κ1) is 15.7. The second-order valence-electron chi connectivity index (χ2n) is 5.59. The molecule has 0 radical (unpaired) electrons. The molecular weight excluding hydrogens is 310 g/mol. The standard InChI is InChI=1S/C18H19NO3S/c1-3-22-18(21)15-14(12-7-5-4-6-8-12)11(2)23-17(15)19-16(20)13-9-10-13/h4-8,13H,3,9-10H2,1-2H3,(H,19,20). The van der Waals surface area contributed by atoms with Gasteiger partial charge in [-0.3, -0.25) is 4.79 Å². The number of amides is 1. The minimum absolute atomic E-state index is 0.00332. The molecule has 0 atom stereocenters. The van der Waals surface area contributed by atoms with Crippen molar-refractivity contribution in [2.45, 2.75) is 26.7 Å². The Labute approximate surface area is 139 Å². The highest BCUT2D eigenvalue weighted by Crippen LogP contribution is 2.41. The van der Waals surface area contributed by atoms with Crippen LogP contribution in [0.1, 0.15) is 35.0 Å². The molecule has 1 heterocycles. The third kappa shape index (κ3) is 3.29. The lowest BCUT2D eigenvalue weighted by atomic mass is 10.0. The second-order valence-corrected chi connectivity index (χ2v) is 6.81. The van der Waals surface area contributed by atoms with Gasteiger partial charge in [0, 0.05) is 16.4 Å². The number of carbonyl (C=O) groups is 2. The molecule has 120 valence electrons. The van der Waals surface area contributed by atoms with Gasteiger partial charge >= 0.3 is 5.97 Å². The molecule has 1 fully saturated rings. The number of ether oxygens (including phenoxy) is 1. The summed E-state index contributed by atoms with van der Waals surface area (Å²) in [7, 11) is 0. The molecule has 1 aliphatic carbocycles. The van der Waals surface area contributed by atoms with Gasteiger partial charge in [-0.25, -0.2) is 4.79 Å². The molecule has 5 heteroatoms. The Kier molecular flexibility index (Phi) is 4.48. The highest BCUT2D eigenvalue weighted by atomic mass is 32.1. The maximum absolute atomic E-state index is 12.5. The molecule has 0 bridgehead atoms. The summed E-state index contributed by atoms with van der Waals surface area (Å²) in [5.74, 6) is -0.300. The van der Waals surface area contributed by atoms with E-state index in [1.807, 2.05) is 37.3 Å². The lowest BCUT2D eigenvalue weighted by Crippen LogP contribution is -2.15. The fraction of sp³-hybridized carbons (Fsp3) is 0.333. The topological polar surface area (TPSA) is 55.4 Å². The Balaban J connectivity index is 2.05. The average Bonchev–Trinajstić information content (AvgIpc) is 3.33. The summed E-state index contributed by atoms with van der Waals surface area (Å²) in [6.45, 7) is 4.04. The van der Waals surface area contributed by atoms with Crippen LogP contribution < -0.4 is 5.32 Å². The van der Waals surface area contributed by atoms with E-state index in [0.717, 1.165) is 28.8 Å². The van der Waals surface area contributed by atoms with E-state index in [2.05, 4.69) is 5.32 Å². The molecule has 1 N–H and O–H groups in total. The van der Waals surface area contributed by atoms with E-state index >= 15 is 0 Å². The minimum atomic E-state index is -0.387. The molecule has 0 unspecified atom stereocenters. The lowest BCUT2D eigenvalue weighted by Gasteiger charge is -2.09. The van der Waals surface area contributed by atoms with Crippen molar-refractivity contribution >= 4 is 28.2 Å².